The molecule has 2 N–H and O–H groups in total. The first kappa shape index (κ1) is 16.8. The van der Waals surface area contributed by atoms with Gasteiger partial charge < -0.3 is 15.0 Å². The predicted molar refractivity (Wildman–Crippen MR) is 110 cm³/mol. The Hall–Kier alpha value is -3.37. The van der Waals surface area contributed by atoms with E-state index in [9.17, 15) is 9.90 Å². The molecule has 4 heteroatoms. The molecule has 4 aromatic rings. The molecule has 2 heterocycles. The summed E-state index contributed by atoms with van der Waals surface area (Å²) in [6.45, 7) is 2.42. The molecule has 138 valence electrons. The molecule has 1 aliphatic heterocycles. The third-order valence-electron chi connectivity index (χ3n) is 5.55. The number of H-pyrrole nitrogens is 1. The van der Waals surface area contributed by atoms with Gasteiger partial charge in [-0.05, 0) is 30.7 Å². The molecule has 1 unspecified atom stereocenters. The molecule has 0 saturated carbocycles. The number of hydrogen-bond acceptors (Lipinski definition) is 2. The Morgan fingerprint density at radius 3 is 2.54 bits per heavy atom. The lowest BCUT2D eigenvalue weighted by Crippen LogP contribution is -2.40. The highest BCUT2D eigenvalue weighted by molar-refractivity contribution is 6.11. The minimum Gasteiger partial charge on any atom is -0.372 e. The van der Waals surface area contributed by atoms with Gasteiger partial charge in [-0.1, -0.05) is 60.2 Å². The molecule has 3 aromatic carbocycles. The van der Waals surface area contributed by atoms with Gasteiger partial charge in [0.15, 0.2) is 5.60 Å². The Bertz CT molecular complexity index is 1200. The number of anilines is 1. The third-order valence-corrected chi connectivity index (χ3v) is 5.55. The Morgan fingerprint density at radius 1 is 0.964 bits per heavy atom. The first-order valence-corrected chi connectivity index (χ1v) is 9.35. The van der Waals surface area contributed by atoms with Crippen molar-refractivity contribution in [2.75, 3.05) is 4.90 Å². The van der Waals surface area contributed by atoms with Crippen molar-refractivity contribution in [1.29, 1.82) is 0 Å². The lowest BCUT2D eigenvalue weighted by atomic mass is 9.87. The lowest BCUT2D eigenvalue weighted by molar-refractivity contribution is -0.132. The van der Waals surface area contributed by atoms with Crippen molar-refractivity contribution in [3.63, 3.8) is 0 Å². The number of aryl methyl sites for hydroxylation is 1. The van der Waals surface area contributed by atoms with E-state index >= 15 is 0 Å². The molecule has 1 aliphatic rings. The number of aromatic amines is 1. The Balaban J connectivity index is 1.69. The van der Waals surface area contributed by atoms with Crippen LogP contribution in [0.3, 0.4) is 0 Å². The summed E-state index contributed by atoms with van der Waals surface area (Å²) in [5, 5.41) is 12.7. The van der Waals surface area contributed by atoms with Crippen LogP contribution >= 0.6 is 0 Å². The van der Waals surface area contributed by atoms with Crippen LogP contribution < -0.4 is 4.90 Å². The maximum atomic E-state index is 13.6. The fourth-order valence-electron chi connectivity index (χ4n) is 4.15. The molecular formula is C24H20N2O2. The van der Waals surface area contributed by atoms with E-state index in [0.717, 1.165) is 27.7 Å². The van der Waals surface area contributed by atoms with Crippen molar-refractivity contribution in [2.24, 2.45) is 0 Å². The molecule has 0 spiro atoms. The summed E-state index contributed by atoms with van der Waals surface area (Å²) in [6, 6.07) is 23.3. The van der Waals surface area contributed by atoms with Gasteiger partial charge in [-0.3, -0.25) is 4.79 Å². The van der Waals surface area contributed by atoms with E-state index < -0.39 is 5.60 Å². The van der Waals surface area contributed by atoms with Crippen LogP contribution in [0.1, 0.15) is 22.3 Å². The highest BCUT2D eigenvalue weighted by Gasteiger charge is 2.51. The van der Waals surface area contributed by atoms with Crippen molar-refractivity contribution in [3.05, 3.63) is 101 Å². The van der Waals surface area contributed by atoms with Gasteiger partial charge in [-0.2, -0.15) is 0 Å². The standard InChI is InChI=1S/C24H20N2O2/c1-16-11-12-21-18(13-16)20(14-25-21)24(28)19-9-5-6-10-22(19)26(23(24)27)15-17-7-3-2-4-8-17/h2-14,25,28H,15H2,1H3. The van der Waals surface area contributed by atoms with E-state index in [4.69, 9.17) is 0 Å². The van der Waals surface area contributed by atoms with Crippen LogP contribution in [0, 0.1) is 6.92 Å². The molecule has 0 aliphatic carbocycles. The van der Waals surface area contributed by atoms with E-state index in [-0.39, 0.29) is 5.91 Å². The molecular weight excluding hydrogens is 348 g/mol. The van der Waals surface area contributed by atoms with Gasteiger partial charge in [-0.15, -0.1) is 0 Å². The summed E-state index contributed by atoms with van der Waals surface area (Å²) < 4.78 is 0. The van der Waals surface area contributed by atoms with Gasteiger partial charge in [0, 0.05) is 28.2 Å². The molecule has 5 rings (SSSR count). The van der Waals surface area contributed by atoms with Gasteiger partial charge in [0.2, 0.25) is 0 Å². The fourth-order valence-corrected chi connectivity index (χ4v) is 4.15. The number of nitrogens with one attached hydrogen (secondary N) is 1. The van der Waals surface area contributed by atoms with Crippen LogP contribution in [0.2, 0.25) is 0 Å². The quantitative estimate of drug-likeness (QED) is 0.568. The van der Waals surface area contributed by atoms with Crippen LogP contribution in [0.15, 0.2) is 79.0 Å². The van der Waals surface area contributed by atoms with Crippen LogP contribution in [-0.4, -0.2) is 16.0 Å². The number of rotatable bonds is 3. The van der Waals surface area contributed by atoms with E-state index in [2.05, 4.69) is 4.98 Å². The number of aromatic nitrogens is 1. The third kappa shape index (κ3) is 2.31. The summed E-state index contributed by atoms with van der Waals surface area (Å²) in [5.74, 6) is -0.319. The Labute approximate surface area is 163 Å². The molecule has 0 fully saturated rings. The van der Waals surface area contributed by atoms with Crippen molar-refractivity contribution >= 4 is 22.5 Å². The smallest absolute Gasteiger partial charge is 0.268 e. The Morgan fingerprint density at radius 2 is 1.71 bits per heavy atom. The number of fused-ring (bicyclic) bond motifs is 2. The molecule has 1 atom stereocenters. The second kappa shape index (κ2) is 6.08. The zero-order valence-electron chi connectivity index (χ0n) is 15.5. The monoisotopic (exact) mass is 368 g/mol. The molecule has 28 heavy (non-hydrogen) atoms. The van der Waals surface area contributed by atoms with Gasteiger partial charge in [-0.25, -0.2) is 0 Å². The van der Waals surface area contributed by atoms with Crippen molar-refractivity contribution < 1.29 is 9.90 Å². The number of nitrogens with zero attached hydrogens (tertiary/aromatic N) is 1. The second-order valence-corrected chi connectivity index (χ2v) is 7.36. The summed E-state index contributed by atoms with van der Waals surface area (Å²) in [5.41, 5.74) is 3.26. The Kier molecular flexibility index (Phi) is 3.64. The summed E-state index contributed by atoms with van der Waals surface area (Å²) >= 11 is 0. The van der Waals surface area contributed by atoms with Gasteiger partial charge >= 0.3 is 0 Å². The van der Waals surface area contributed by atoms with Gasteiger partial charge in [0.1, 0.15) is 0 Å². The highest BCUT2D eigenvalue weighted by Crippen LogP contribution is 2.46. The minimum absolute atomic E-state index is 0.319. The zero-order valence-corrected chi connectivity index (χ0v) is 15.5. The van der Waals surface area contributed by atoms with Crippen molar-refractivity contribution in [2.45, 2.75) is 19.1 Å². The van der Waals surface area contributed by atoms with Gasteiger partial charge in [0.05, 0.1) is 12.2 Å². The topological polar surface area (TPSA) is 56.3 Å². The van der Waals surface area contributed by atoms with E-state index in [1.165, 1.54) is 0 Å². The van der Waals surface area contributed by atoms with Gasteiger partial charge in [0.25, 0.3) is 5.91 Å². The fraction of sp³-hybridized carbons (Fsp3) is 0.125. The number of amides is 1. The maximum absolute atomic E-state index is 13.6. The van der Waals surface area contributed by atoms with Crippen LogP contribution in [-0.2, 0) is 16.9 Å². The lowest BCUT2D eigenvalue weighted by Gasteiger charge is -2.23. The summed E-state index contributed by atoms with van der Waals surface area (Å²) in [7, 11) is 0. The van der Waals surface area contributed by atoms with Crippen LogP contribution in [0.25, 0.3) is 10.9 Å². The number of para-hydroxylation sites is 1. The van der Waals surface area contributed by atoms with Crippen LogP contribution in [0.4, 0.5) is 5.69 Å². The molecule has 1 amide bonds. The molecule has 1 aromatic heterocycles. The average Bonchev–Trinajstić information content (AvgIpc) is 3.23. The summed E-state index contributed by atoms with van der Waals surface area (Å²) in [6.07, 6.45) is 1.75. The molecule has 0 saturated heterocycles. The maximum Gasteiger partial charge on any atom is 0.268 e. The molecule has 0 bridgehead atoms. The minimum atomic E-state index is -1.71. The average molecular weight is 368 g/mol. The SMILES string of the molecule is Cc1ccc2[nH]cc(C3(O)C(=O)N(Cc4ccccc4)c4ccccc43)c2c1. The number of benzene rings is 3. The van der Waals surface area contributed by atoms with Crippen molar-refractivity contribution in [3.8, 4) is 0 Å². The number of aliphatic hydroxyl groups is 1. The molecule has 0 radical (unpaired) electrons. The first-order valence-electron chi connectivity index (χ1n) is 9.35. The highest BCUT2D eigenvalue weighted by atomic mass is 16.3. The zero-order chi connectivity index (χ0) is 19.3. The van der Waals surface area contributed by atoms with E-state index in [1.807, 2.05) is 79.7 Å². The van der Waals surface area contributed by atoms with Crippen LogP contribution in [0.5, 0.6) is 0 Å². The van der Waals surface area contributed by atoms with E-state index in [0.29, 0.717) is 17.7 Å². The predicted octanol–water partition coefficient (Wildman–Crippen LogP) is 4.26. The number of carbonyl (C=O) groups excluding carboxylic acids is 1. The normalized spacial score (nSPS) is 18.6. The van der Waals surface area contributed by atoms with Crippen molar-refractivity contribution in [1.82, 2.24) is 4.98 Å². The second-order valence-electron chi connectivity index (χ2n) is 7.36. The number of hydrogen-bond donors (Lipinski definition) is 2. The largest absolute Gasteiger partial charge is 0.372 e. The summed E-state index contributed by atoms with van der Waals surface area (Å²) in [4.78, 5) is 18.5. The van der Waals surface area contributed by atoms with E-state index in [1.54, 1.807) is 11.1 Å². The molecule has 4 nitrogen and oxygen atoms in total. The first-order chi connectivity index (χ1) is 13.6. The number of carbonyl (C=O) groups is 1.